The van der Waals surface area contributed by atoms with E-state index in [1.807, 2.05) is 30.5 Å². The Bertz CT molecular complexity index is 2130. The zero-order chi connectivity index (χ0) is 33.3. The van der Waals surface area contributed by atoms with Gasteiger partial charge in [0.1, 0.15) is 5.82 Å². The second-order valence-corrected chi connectivity index (χ2v) is 14.2. The van der Waals surface area contributed by atoms with Crippen LogP contribution < -0.4 is 9.80 Å². The van der Waals surface area contributed by atoms with E-state index in [4.69, 9.17) is 9.10 Å². The molecule has 0 radical (unpaired) electrons. The Labute approximate surface area is 265 Å². The molecule has 2 aromatic heterocycles. The smallest absolute Gasteiger partial charge is 0.137 e. The number of pyridine rings is 1. The summed E-state index contributed by atoms with van der Waals surface area (Å²) in [5, 5.41) is 2.41. The first-order valence-corrected chi connectivity index (χ1v) is 15.5. The van der Waals surface area contributed by atoms with Crippen molar-refractivity contribution < 1.29 is 4.11 Å². The Balaban J connectivity index is 1.34. The summed E-state index contributed by atoms with van der Waals surface area (Å²) in [5.74, 6) is 0.921. The van der Waals surface area contributed by atoms with Gasteiger partial charge in [0.2, 0.25) is 0 Å². The Morgan fingerprint density at radius 2 is 1.41 bits per heavy atom. The van der Waals surface area contributed by atoms with Gasteiger partial charge in [-0.2, -0.15) is 0 Å². The second kappa shape index (κ2) is 10.3. The molecule has 4 heteroatoms. The third-order valence-electron chi connectivity index (χ3n) is 8.89. The molecule has 1 aliphatic rings. The van der Waals surface area contributed by atoms with Crippen molar-refractivity contribution in [3.63, 3.8) is 0 Å². The van der Waals surface area contributed by atoms with E-state index in [1.165, 1.54) is 37.9 Å². The summed E-state index contributed by atoms with van der Waals surface area (Å²) in [7, 11) is 0. The maximum atomic E-state index is 8.20. The van der Waals surface area contributed by atoms with Crippen molar-refractivity contribution in [1.82, 2.24) is 9.55 Å². The Morgan fingerprint density at radius 1 is 0.682 bits per heavy atom. The fourth-order valence-corrected chi connectivity index (χ4v) is 6.42. The van der Waals surface area contributed by atoms with Crippen LogP contribution in [0.3, 0.4) is 0 Å². The lowest BCUT2D eigenvalue weighted by Crippen LogP contribution is -2.24. The maximum Gasteiger partial charge on any atom is 0.137 e. The molecule has 3 heterocycles. The van der Waals surface area contributed by atoms with E-state index < -0.39 is 6.98 Å². The van der Waals surface area contributed by atoms with Crippen molar-refractivity contribution >= 4 is 38.9 Å². The number of aromatic nitrogens is 2. The number of para-hydroxylation sites is 3. The second-order valence-electron chi connectivity index (χ2n) is 14.2. The monoisotopic (exact) mass is 581 g/mol. The van der Waals surface area contributed by atoms with Gasteiger partial charge in [-0.25, -0.2) is 4.98 Å². The average Bonchev–Trinajstić information content (AvgIpc) is 3.57. The van der Waals surface area contributed by atoms with Gasteiger partial charge in [0.05, 0.1) is 29.1 Å². The molecule has 0 saturated heterocycles. The molecule has 44 heavy (non-hydrogen) atoms. The van der Waals surface area contributed by atoms with Crippen molar-refractivity contribution in [2.75, 3.05) is 23.4 Å². The number of benzene rings is 4. The quantitative estimate of drug-likeness (QED) is 0.207. The highest BCUT2D eigenvalue weighted by Crippen LogP contribution is 2.41. The van der Waals surface area contributed by atoms with E-state index in [9.17, 15) is 0 Å². The minimum absolute atomic E-state index is 0.00770. The summed E-state index contributed by atoms with van der Waals surface area (Å²) in [5.41, 5.74) is 9.70. The largest absolute Gasteiger partial charge is 0.355 e. The number of fused-ring (bicyclic) bond motifs is 4. The number of anilines is 3. The zero-order valence-electron chi connectivity index (χ0n) is 29.5. The van der Waals surface area contributed by atoms with Crippen molar-refractivity contribution in [2.45, 2.75) is 58.8 Å². The molecule has 4 aromatic carbocycles. The lowest BCUT2D eigenvalue weighted by molar-refractivity contribution is 0.588. The predicted octanol–water partition coefficient (Wildman–Crippen LogP) is 9.91. The molecule has 0 amide bonds. The van der Waals surface area contributed by atoms with Gasteiger partial charge in [-0.1, -0.05) is 90.1 Å². The molecule has 0 N–H and O–H groups in total. The van der Waals surface area contributed by atoms with Gasteiger partial charge < -0.3 is 9.80 Å². The van der Waals surface area contributed by atoms with E-state index in [2.05, 4.69) is 124 Å². The molecular weight excluding hydrogens is 536 g/mol. The molecule has 222 valence electrons. The summed E-state index contributed by atoms with van der Waals surface area (Å²) < 4.78 is 26.9. The van der Waals surface area contributed by atoms with E-state index in [0.717, 1.165) is 40.3 Å². The number of nitrogens with zero attached hydrogens (tertiary/aromatic N) is 4. The molecular formula is C40H42N4. The topological polar surface area (TPSA) is 24.3 Å². The number of rotatable bonds is 4. The Kier molecular flexibility index (Phi) is 5.79. The molecule has 0 atom stereocenters. The molecule has 0 spiro atoms. The van der Waals surface area contributed by atoms with Crippen LogP contribution in [-0.2, 0) is 17.3 Å². The lowest BCUT2D eigenvalue weighted by Gasteiger charge is -2.26. The van der Waals surface area contributed by atoms with Gasteiger partial charge >= 0.3 is 0 Å². The fourth-order valence-electron chi connectivity index (χ4n) is 6.42. The van der Waals surface area contributed by atoms with E-state index in [0.29, 0.717) is 0 Å². The molecule has 0 saturated carbocycles. The first kappa shape index (κ1) is 24.8. The molecule has 7 rings (SSSR count). The lowest BCUT2D eigenvalue weighted by atomic mass is 9.85. The third-order valence-corrected chi connectivity index (χ3v) is 8.89. The van der Waals surface area contributed by atoms with Gasteiger partial charge in [0, 0.05) is 33.7 Å². The molecule has 0 bridgehead atoms. The van der Waals surface area contributed by atoms with Crippen LogP contribution in [0.4, 0.5) is 17.1 Å². The molecule has 0 aliphatic carbocycles. The Hall–Kier alpha value is -4.57. The fraction of sp³-hybridized carbons (Fsp3) is 0.275. The average molecular weight is 582 g/mol. The summed E-state index contributed by atoms with van der Waals surface area (Å²) in [4.78, 5) is 8.51. The maximum absolute atomic E-state index is 8.20. The van der Waals surface area contributed by atoms with Crippen molar-refractivity contribution in [3.05, 3.63) is 126 Å². The number of hydrogen-bond acceptors (Lipinski definition) is 3. The molecule has 4 nitrogen and oxygen atoms in total. The minimum Gasteiger partial charge on any atom is -0.355 e. The van der Waals surface area contributed by atoms with Crippen LogP contribution in [0.2, 0.25) is 0 Å². The highest BCUT2D eigenvalue weighted by molar-refractivity contribution is 6.09. The van der Waals surface area contributed by atoms with E-state index in [1.54, 1.807) is 0 Å². The van der Waals surface area contributed by atoms with Crippen molar-refractivity contribution in [1.29, 1.82) is 0 Å². The first-order valence-electron chi connectivity index (χ1n) is 17.0. The van der Waals surface area contributed by atoms with Gasteiger partial charge in [-0.3, -0.25) is 4.57 Å². The van der Waals surface area contributed by atoms with Crippen molar-refractivity contribution in [2.24, 2.45) is 0 Å². The highest BCUT2D eigenvalue weighted by atomic mass is 15.4. The van der Waals surface area contributed by atoms with Gasteiger partial charge in [-0.15, -0.1) is 0 Å². The molecule has 0 unspecified atom stereocenters. The SMILES string of the molecule is [2H]C([2H])([2H])N1CN(c2cc(Cc3ccc4c5ccccc5n(-c5cc(C(C)(C)C)ccn5)c4c3)cc(C(C)(C)C)c2)c2ccccc21. The van der Waals surface area contributed by atoms with E-state index in [-0.39, 0.29) is 17.5 Å². The van der Waals surface area contributed by atoms with Crippen molar-refractivity contribution in [3.8, 4) is 5.82 Å². The van der Waals surface area contributed by atoms with Gasteiger partial charge in [-0.05, 0) is 88.0 Å². The molecule has 1 aliphatic heterocycles. The summed E-state index contributed by atoms with van der Waals surface area (Å²) >= 11 is 0. The normalized spacial score (nSPS) is 15.0. The van der Waals surface area contributed by atoms with Crippen LogP contribution in [0, 0.1) is 0 Å². The van der Waals surface area contributed by atoms with Gasteiger partial charge in [0.25, 0.3) is 0 Å². The summed E-state index contributed by atoms with van der Waals surface area (Å²) in [6, 6.07) is 34.2. The minimum atomic E-state index is -2.23. The van der Waals surface area contributed by atoms with Crippen LogP contribution in [0.5, 0.6) is 0 Å². The van der Waals surface area contributed by atoms with Crippen LogP contribution >= 0.6 is 0 Å². The predicted molar refractivity (Wildman–Crippen MR) is 187 cm³/mol. The van der Waals surface area contributed by atoms with Crippen LogP contribution in [0.25, 0.3) is 27.6 Å². The first-order chi connectivity index (χ1) is 22.2. The zero-order valence-corrected chi connectivity index (χ0v) is 26.5. The van der Waals surface area contributed by atoms with Crippen LogP contribution in [0.15, 0.2) is 103 Å². The van der Waals surface area contributed by atoms with Crippen LogP contribution in [-0.4, -0.2) is 23.2 Å². The van der Waals surface area contributed by atoms with E-state index >= 15 is 0 Å². The highest BCUT2D eigenvalue weighted by Gasteiger charge is 2.26. The number of hydrogen-bond donors (Lipinski definition) is 0. The molecule has 6 aromatic rings. The third kappa shape index (κ3) is 4.93. The summed E-state index contributed by atoms with van der Waals surface area (Å²) in [6.07, 6.45) is 2.66. The standard InChI is InChI=1S/C40H42N4/c1-39(2,3)29-18-19-41-38(25-29)44-34-13-9-8-12-32(34)33-17-16-27(23-37(33)44)20-28-21-30(40(4,5)6)24-31(22-28)43-26-42(7)35-14-10-11-15-36(35)43/h8-19,21-25H,20,26H2,1-7H3/i7D3. The van der Waals surface area contributed by atoms with Gasteiger partial charge in [0.15, 0.2) is 0 Å². The van der Waals surface area contributed by atoms with Crippen LogP contribution in [0.1, 0.15) is 67.9 Å². The summed E-state index contributed by atoms with van der Waals surface area (Å²) in [6.45, 7) is 11.4. The molecule has 0 fully saturated rings. The Morgan fingerprint density at radius 3 is 2.18 bits per heavy atom.